The molecule has 0 aliphatic heterocycles. The fourth-order valence-electron chi connectivity index (χ4n) is 3.48. The molecule has 2 aromatic rings. The van der Waals surface area contributed by atoms with Crippen molar-refractivity contribution in [3.63, 3.8) is 0 Å². The van der Waals surface area contributed by atoms with Crippen molar-refractivity contribution in [2.24, 2.45) is 11.7 Å². The molecule has 3 amide bonds. The number of nitrogens with one attached hydrogen (secondary N) is 2. The highest BCUT2D eigenvalue weighted by atomic mass is 16.2. The number of benzene rings is 2. The van der Waals surface area contributed by atoms with Crippen molar-refractivity contribution >= 4 is 11.9 Å². The van der Waals surface area contributed by atoms with Gasteiger partial charge < -0.3 is 21.3 Å². The second-order valence-corrected chi connectivity index (χ2v) is 7.96. The number of likely N-dealkylation sites (N-methyl/N-ethyl adjacent to an activating group) is 1. The molecule has 0 spiro atoms. The molecule has 0 saturated heterocycles. The quantitative estimate of drug-likeness (QED) is 0.611. The maximum atomic E-state index is 12.6. The van der Waals surface area contributed by atoms with Crippen LogP contribution in [0.2, 0.25) is 0 Å². The van der Waals surface area contributed by atoms with Gasteiger partial charge in [0.1, 0.15) is 0 Å². The Labute approximate surface area is 172 Å². The van der Waals surface area contributed by atoms with Crippen molar-refractivity contribution in [1.29, 1.82) is 0 Å². The molecule has 6 heteroatoms. The number of nitrogens with two attached hydrogens (primary N) is 1. The topological polar surface area (TPSA) is 87.5 Å². The summed E-state index contributed by atoms with van der Waals surface area (Å²) >= 11 is 0. The Hall–Kier alpha value is -2.86. The lowest BCUT2D eigenvalue weighted by Gasteiger charge is -2.26. The maximum Gasteiger partial charge on any atom is 0.315 e. The summed E-state index contributed by atoms with van der Waals surface area (Å²) in [7, 11) is 4.00. The predicted molar refractivity (Wildman–Crippen MR) is 115 cm³/mol. The van der Waals surface area contributed by atoms with E-state index in [1.807, 2.05) is 44.4 Å². The number of primary amides is 1. The Morgan fingerprint density at radius 1 is 1.07 bits per heavy atom. The van der Waals surface area contributed by atoms with Gasteiger partial charge in [0.15, 0.2) is 0 Å². The van der Waals surface area contributed by atoms with Crippen LogP contribution in [0.3, 0.4) is 0 Å². The zero-order chi connectivity index (χ0) is 20.8. The number of amides is 3. The molecule has 154 valence electrons. The number of rotatable bonds is 9. The van der Waals surface area contributed by atoms with E-state index in [1.165, 1.54) is 0 Å². The number of carbonyl (C=O) groups is 2. The lowest BCUT2D eigenvalue weighted by atomic mass is 10.0. The first kappa shape index (κ1) is 20.9. The van der Waals surface area contributed by atoms with Gasteiger partial charge >= 0.3 is 6.03 Å². The van der Waals surface area contributed by atoms with Crippen molar-refractivity contribution in [3.8, 4) is 0 Å². The molecule has 0 heterocycles. The van der Waals surface area contributed by atoms with Crippen LogP contribution in [-0.4, -0.2) is 43.5 Å². The molecule has 6 nitrogen and oxygen atoms in total. The van der Waals surface area contributed by atoms with Gasteiger partial charge in [-0.05, 0) is 62.5 Å². The Morgan fingerprint density at radius 2 is 1.72 bits per heavy atom. The minimum atomic E-state index is -0.428. The summed E-state index contributed by atoms with van der Waals surface area (Å²) in [5.74, 6) is 0.0965. The van der Waals surface area contributed by atoms with Gasteiger partial charge in [-0.15, -0.1) is 0 Å². The molecule has 1 aliphatic carbocycles. The van der Waals surface area contributed by atoms with Gasteiger partial charge in [-0.25, -0.2) is 4.79 Å². The number of hydrogen-bond donors (Lipinski definition) is 3. The summed E-state index contributed by atoms with van der Waals surface area (Å²) in [6.07, 6.45) is 3.07. The summed E-state index contributed by atoms with van der Waals surface area (Å²) < 4.78 is 0. The third kappa shape index (κ3) is 6.06. The number of urea groups is 1. The smallest absolute Gasteiger partial charge is 0.315 e. The molecule has 1 unspecified atom stereocenters. The molecule has 2 atom stereocenters. The highest BCUT2D eigenvalue weighted by molar-refractivity contribution is 5.92. The van der Waals surface area contributed by atoms with Crippen LogP contribution in [0.5, 0.6) is 0 Å². The zero-order valence-electron chi connectivity index (χ0n) is 17.1. The van der Waals surface area contributed by atoms with Gasteiger partial charge in [-0.3, -0.25) is 4.79 Å². The molecule has 29 heavy (non-hydrogen) atoms. The largest absolute Gasteiger partial charge is 0.366 e. The van der Waals surface area contributed by atoms with E-state index in [4.69, 9.17) is 5.73 Å². The Morgan fingerprint density at radius 3 is 2.28 bits per heavy atom. The number of nitrogens with zero attached hydrogens (tertiary/aromatic N) is 1. The van der Waals surface area contributed by atoms with Crippen LogP contribution >= 0.6 is 0 Å². The first-order chi connectivity index (χ1) is 13.9. The van der Waals surface area contributed by atoms with E-state index in [0.717, 1.165) is 30.4 Å². The van der Waals surface area contributed by atoms with Gasteiger partial charge in [0.25, 0.3) is 0 Å². The van der Waals surface area contributed by atoms with E-state index >= 15 is 0 Å². The fourth-order valence-corrected chi connectivity index (χ4v) is 3.48. The van der Waals surface area contributed by atoms with Crippen LogP contribution < -0.4 is 16.4 Å². The Balaban J connectivity index is 1.55. The van der Waals surface area contributed by atoms with Crippen molar-refractivity contribution in [2.45, 2.75) is 31.3 Å². The zero-order valence-corrected chi connectivity index (χ0v) is 17.1. The number of hydrogen-bond acceptors (Lipinski definition) is 3. The van der Waals surface area contributed by atoms with Crippen LogP contribution in [0.15, 0.2) is 54.6 Å². The predicted octanol–water partition coefficient (Wildman–Crippen LogP) is 2.71. The molecule has 3 rings (SSSR count). The van der Waals surface area contributed by atoms with E-state index in [9.17, 15) is 9.59 Å². The van der Waals surface area contributed by atoms with Crippen LogP contribution in [0, 0.1) is 5.92 Å². The molecule has 1 aliphatic rings. The minimum Gasteiger partial charge on any atom is -0.366 e. The monoisotopic (exact) mass is 394 g/mol. The van der Waals surface area contributed by atoms with Crippen molar-refractivity contribution < 1.29 is 9.59 Å². The lowest BCUT2D eigenvalue weighted by molar-refractivity contribution is 0.1000. The van der Waals surface area contributed by atoms with Crippen molar-refractivity contribution in [3.05, 3.63) is 71.3 Å². The summed E-state index contributed by atoms with van der Waals surface area (Å²) in [5, 5.41) is 6.18. The average Bonchev–Trinajstić information content (AvgIpc) is 3.55. The molecule has 2 aromatic carbocycles. The molecule has 4 N–H and O–H groups in total. The van der Waals surface area contributed by atoms with E-state index in [1.54, 1.807) is 12.1 Å². The standard InChI is InChI=1S/C23H30N4O2/c1-27(2)20(14-16-8-10-19(11-9-16)22(24)28)15-25-23(29)26-21(18-12-13-18)17-6-4-3-5-7-17/h3-11,18,20-21H,12-15H2,1-2H3,(H2,24,28)(H2,25,26,29)/t20?,21-/m1/s1. The fraction of sp³-hybridized carbons (Fsp3) is 0.391. The molecule has 0 aromatic heterocycles. The maximum absolute atomic E-state index is 12.6. The third-order valence-corrected chi connectivity index (χ3v) is 5.48. The highest BCUT2D eigenvalue weighted by Crippen LogP contribution is 2.40. The molecular formula is C23H30N4O2. The van der Waals surface area contributed by atoms with Crippen LogP contribution in [0.25, 0.3) is 0 Å². The van der Waals surface area contributed by atoms with E-state index in [0.29, 0.717) is 18.0 Å². The second-order valence-electron chi connectivity index (χ2n) is 7.96. The normalized spacial score (nSPS) is 15.6. The van der Waals surface area contributed by atoms with E-state index in [2.05, 4.69) is 27.7 Å². The molecule has 0 bridgehead atoms. The highest BCUT2D eigenvalue weighted by Gasteiger charge is 2.33. The Bertz CT molecular complexity index is 817. The average molecular weight is 395 g/mol. The molecule has 1 saturated carbocycles. The summed E-state index contributed by atoms with van der Waals surface area (Å²) in [4.78, 5) is 25.9. The SMILES string of the molecule is CN(C)C(CNC(=O)N[C@H](c1ccccc1)C1CC1)Cc1ccc(C(N)=O)cc1. The summed E-state index contributed by atoms with van der Waals surface area (Å²) in [6.45, 7) is 0.530. The Kier molecular flexibility index (Phi) is 6.88. The molecular weight excluding hydrogens is 364 g/mol. The van der Waals surface area contributed by atoms with Gasteiger partial charge in [0.05, 0.1) is 6.04 Å². The van der Waals surface area contributed by atoms with E-state index in [-0.39, 0.29) is 18.1 Å². The summed E-state index contributed by atoms with van der Waals surface area (Å²) in [6, 6.07) is 17.5. The van der Waals surface area contributed by atoms with Crippen LogP contribution in [0.1, 0.15) is 40.4 Å². The first-order valence-electron chi connectivity index (χ1n) is 10.1. The van der Waals surface area contributed by atoms with Gasteiger partial charge in [-0.1, -0.05) is 42.5 Å². The minimum absolute atomic E-state index is 0.0651. The number of carbonyl (C=O) groups excluding carboxylic acids is 2. The van der Waals surface area contributed by atoms with Crippen LogP contribution in [0.4, 0.5) is 4.79 Å². The summed E-state index contributed by atoms with van der Waals surface area (Å²) in [5.41, 5.74) is 8.05. The van der Waals surface area contributed by atoms with Gasteiger partial charge in [-0.2, -0.15) is 0 Å². The molecule has 1 fully saturated rings. The van der Waals surface area contributed by atoms with E-state index < -0.39 is 5.91 Å². The third-order valence-electron chi connectivity index (χ3n) is 5.48. The van der Waals surface area contributed by atoms with Gasteiger partial charge in [0, 0.05) is 18.2 Å². The molecule has 0 radical (unpaired) electrons. The first-order valence-corrected chi connectivity index (χ1v) is 10.1. The lowest BCUT2D eigenvalue weighted by Crippen LogP contribution is -2.46. The van der Waals surface area contributed by atoms with Crippen molar-refractivity contribution in [2.75, 3.05) is 20.6 Å². The van der Waals surface area contributed by atoms with Crippen LogP contribution in [-0.2, 0) is 6.42 Å². The van der Waals surface area contributed by atoms with Gasteiger partial charge in [0.2, 0.25) is 5.91 Å². The second kappa shape index (κ2) is 9.56. The van der Waals surface area contributed by atoms with Crippen molar-refractivity contribution in [1.82, 2.24) is 15.5 Å².